The van der Waals surface area contributed by atoms with Gasteiger partial charge in [0.15, 0.2) is 11.5 Å². The highest BCUT2D eigenvalue weighted by atomic mass is 16.5. The Kier molecular flexibility index (Phi) is 5.62. The number of aromatic amines is 1. The van der Waals surface area contributed by atoms with Gasteiger partial charge in [0.25, 0.3) is 0 Å². The zero-order valence-corrected chi connectivity index (χ0v) is 15.0. The molecule has 0 radical (unpaired) electrons. The fourth-order valence-corrected chi connectivity index (χ4v) is 2.92. The van der Waals surface area contributed by atoms with E-state index in [1.165, 1.54) is 18.2 Å². The van der Waals surface area contributed by atoms with E-state index in [2.05, 4.69) is 4.98 Å². The fraction of sp³-hybridized carbons (Fsp3) is 0.200. The molecule has 1 aromatic heterocycles. The Labute approximate surface area is 160 Å². The summed E-state index contributed by atoms with van der Waals surface area (Å²) in [6.45, 7) is 0. The van der Waals surface area contributed by atoms with E-state index in [4.69, 9.17) is 21.3 Å². The Morgan fingerprint density at radius 3 is 2.54 bits per heavy atom. The van der Waals surface area contributed by atoms with Gasteiger partial charge in [-0.05, 0) is 35.7 Å². The topological polar surface area (TPSA) is 152 Å². The molecule has 7 N–H and O–H groups in total. The van der Waals surface area contributed by atoms with Gasteiger partial charge in [-0.3, -0.25) is 4.79 Å². The number of nitrogens with two attached hydrogens (primary N) is 2. The summed E-state index contributed by atoms with van der Waals surface area (Å²) in [5.41, 5.74) is 13.8. The van der Waals surface area contributed by atoms with Crippen molar-refractivity contribution in [3.63, 3.8) is 0 Å². The molecule has 0 aliphatic heterocycles. The lowest BCUT2D eigenvalue weighted by Gasteiger charge is -2.13. The Morgan fingerprint density at radius 1 is 1.07 bits per heavy atom. The molecular formula is C20H21N3O5. The Hall–Kier alpha value is -3.36. The molecule has 1 heterocycles. The first kappa shape index (κ1) is 19.4. The third kappa shape index (κ3) is 4.30. The van der Waals surface area contributed by atoms with Crippen molar-refractivity contribution in [1.29, 1.82) is 0 Å². The number of aromatic nitrogens is 1. The lowest BCUT2D eigenvalue weighted by atomic mass is 10.1. The molecule has 146 valence electrons. The van der Waals surface area contributed by atoms with E-state index in [0.717, 1.165) is 16.5 Å². The van der Waals surface area contributed by atoms with Crippen LogP contribution in [-0.4, -0.2) is 39.2 Å². The summed E-state index contributed by atoms with van der Waals surface area (Å²) in [5, 5.41) is 19.9. The monoisotopic (exact) mass is 383 g/mol. The number of rotatable bonds is 7. The number of phenolic OH excluding ortho intramolecular Hbond substituents is 1. The predicted octanol–water partition coefficient (Wildman–Crippen LogP) is 1.30. The highest BCUT2D eigenvalue weighted by Crippen LogP contribution is 2.28. The van der Waals surface area contributed by atoms with Gasteiger partial charge >= 0.3 is 11.9 Å². The molecule has 28 heavy (non-hydrogen) atoms. The third-order valence-electron chi connectivity index (χ3n) is 4.42. The molecule has 2 atom stereocenters. The average Bonchev–Trinajstić information content (AvgIpc) is 3.06. The van der Waals surface area contributed by atoms with Crippen LogP contribution >= 0.6 is 0 Å². The normalized spacial score (nSPS) is 13.2. The SMILES string of the molecule is N[C@@H](Cc1ccc(OC(=O)[C@@H](N)Cc2c[nH]c3ccccc23)c(O)c1)C(=O)O. The number of carbonyl (C=O) groups is 2. The summed E-state index contributed by atoms with van der Waals surface area (Å²) in [4.78, 5) is 26.2. The van der Waals surface area contributed by atoms with Crippen LogP contribution in [0.4, 0.5) is 0 Å². The number of nitrogens with one attached hydrogen (secondary N) is 1. The zero-order valence-electron chi connectivity index (χ0n) is 15.0. The summed E-state index contributed by atoms with van der Waals surface area (Å²) in [7, 11) is 0. The number of hydrogen-bond acceptors (Lipinski definition) is 6. The van der Waals surface area contributed by atoms with Gasteiger partial charge in [0, 0.05) is 23.5 Å². The van der Waals surface area contributed by atoms with Crippen molar-refractivity contribution in [2.45, 2.75) is 24.9 Å². The second-order valence-corrected chi connectivity index (χ2v) is 6.54. The van der Waals surface area contributed by atoms with Gasteiger partial charge in [-0.15, -0.1) is 0 Å². The number of hydrogen-bond donors (Lipinski definition) is 5. The van der Waals surface area contributed by atoms with Crippen molar-refractivity contribution in [3.05, 3.63) is 59.8 Å². The largest absolute Gasteiger partial charge is 0.504 e. The van der Waals surface area contributed by atoms with Crippen LogP contribution in [0.5, 0.6) is 11.5 Å². The first-order valence-corrected chi connectivity index (χ1v) is 8.67. The molecule has 0 fully saturated rings. The minimum Gasteiger partial charge on any atom is -0.504 e. The maximum Gasteiger partial charge on any atom is 0.328 e. The Morgan fingerprint density at radius 2 is 1.82 bits per heavy atom. The summed E-state index contributed by atoms with van der Waals surface area (Å²) < 4.78 is 5.20. The van der Waals surface area contributed by atoms with E-state index in [1.807, 2.05) is 24.3 Å². The maximum absolute atomic E-state index is 12.3. The Bertz CT molecular complexity index is 1010. The predicted molar refractivity (Wildman–Crippen MR) is 103 cm³/mol. The number of phenols is 1. The van der Waals surface area contributed by atoms with E-state index in [0.29, 0.717) is 5.56 Å². The lowest BCUT2D eigenvalue weighted by Crippen LogP contribution is -2.36. The molecule has 0 bridgehead atoms. The highest BCUT2D eigenvalue weighted by molar-refractivity contribution is 5.85. The minimum atomic E-state index is -1.14. The molecule has 8 heteroatoms. The van der Waals surface area contributed by atoms with Crippen molar-refractivity contribution in [3.8, 4) is 11.5 Å². The molecule has 0 saturated heterocycles. The summed E-state index contributed by atoms with van der Waals surface area (Å²) in [5.74, 6) is -2.16. The smallest absolute Gasteiger partial charge is 0.328 e. The fourth-order valence-electron chi connectivity index (χ4n) is 2.92. The van der Waals surface area contributed by atoms with Crippen LogP contribution in [0, 0.1) is 0 Å². The van der Waals surface area contributed by atoms with Gasteiger partial charge in [0.1, 0.15) is 12.1 Å². The van der Waals surface area contributed by atoms with Gasteiger partial charge in [-0.2, -0.15) is 0 Å². The highest BCUT2D eigenvalue weighted by Gasteiger charge is 2.20. The lowest BCUT2D eigenvalue weighted by molar-refractivity contribution is -0.138. The minimum absolute atomic E-state index is 0.0389. The number of para-hydroxylation sites is 1. The van der Waals surface area contributed by atoms with Crippen LogP contribution in [0.2, 0.25) is 0 Å². The molecular weight excluding hydrogens is 362 g/mol. The number of carboxylic acids is 1. The van der Waals surface area contributed by atoms with Crippen LogP contribution in [0.15, 0.2) is 48.7 Å². The Balaban J connectivity index is 1.66. The third-order valence-corrected chi connectivity index (χ3v) is 4.42. The van der Waals surface area contributed by atoms with Crippen molar-refractivity contribution in [2.24, 2.45) is 11.5 Å². The number of carboxylic acid groups (broad SMARTS) is 1. The zero-order chi connectivity index (χ0) is 20.3. The van der Waals surface area contributed by atoms with E-state index < -0.39 is 24.0 Å². The quantitative estimate of drug-likeness (QED) is 0.305. The number of benzene rings is 2. The van der Waals surface area contributed by atoms with Crippen LogP contribution in [0.25, 0.3) is 10.9 Å². The molecule has 0 aliphatic rings. The molecule has 3 aromatic rings. The average molecular weight is 383 g/mol. The summed E-state index contributed by atoms with van der Waals surface area (Å²) in [6.07, 6.45) is 2.11. The van der Waals surface area contributed by atoms with Crippen molar-refractivity contribution in [2.75, 3.05) is 0 Å². The summed E-state index contributed by atoms with van der Waals surface area (Å²) in [6, 6.07) is 9.91. The number of H-pyrrole nitrogens is 1. The molecule has 0 saturated carbocycles. The molecule has 0 aliphatic carbocycles. The van der Waals surface area contributed by atoms with Crippen LogP contribution in [-0.2, 0) is 22.4 Å². The summed E-state index contributed by atoms with van der Waals surface area (Å²) >= 11 is 0. The number of aliphatic carboxylic acids is 1. The number of carbonyl (C=O) groups excluding carboxylic acids is 1. The number of aromatic hydroxyl groups is 1. The van der Waals surface area contributed by atoms with Gasteiger partial charge in [0.2, 0.25) is 0 Å². The van der Waals surface area contributed by atoms with E-state index in [9.17, 15) is 14.7 Å². The number of esters is 1. The molecule has 0 amide bonds. The van der Waals surface area contributed by atoms with E-state index in [-0.39, 0.29) is 24.3 Å². The molecule has 0 unspecified atom stereocenters. The number of ether oxygens (including phenoxy) is 1. The van der Waals surface area contributed by atoms with E-state index >= 15 is 0 Å². The molecule has 3 rings (SSSR count). The second-order valence-electron chi connectivity index (χ2n) is 6.54. The van der Waals surface area contributed by atoms with Gasteiger partial charge in [0.05, 0.1) is 0 Å². The van der Waals surface area contributed by atoms with Crippen molar-refractivity contribution in [1.82, 2.24) is 4.98 Å². The molecule has 2 aromatic carbocycles. The maximum atomic E-state index is 12.3. The number of fused-ring (bicyclic) bond motifs is 1. The van der Waals surface area contributed by atoms with Gasteiger partial charge in [-0.1, -0.05) is 24.3 Å². The van der Waals surface area contributed by atoms with Gasteiger partial charge in [-0.25, -0.2) is 4.79 Å². The van der Waals surface area contributed by atoms with Crippen LogP contribution in [0.1, 0.15) is 11.1 Å². The van der Waals surface area contributed by atoms with Crippen LogP contribution in [0.3, 0.4) is 0 Å². The van der Waals surface area contributed by atoms with Crippen LogP contribution < -0.4 is 16.2 Å². The molecule has 0 spiro atoms. The first-order chi connectivity index (χ1) is 13.3. The first-order valence-electron chi connectivity index (χ1n) is 8.67. The molecule has 8 nitrogen and oxygen atoms in total. The van der Waals surface area contributed by atoms with Gasteiger partial charge < -0.3 is 31.4 Å². The second kappa shape index (κ2) is 8.12. The van der Waals surface area contributed by atoms with Crippen molar-refractivity contribution < 1.29 is 24.5 Å². The van der Waals surface area contributed by atoms with E-state index in [1.54, 1.807) is 6.20 Å². The standard InChI is InChI=1S/C20H21N3O5/c21-14(19(25)26)7-11-5-6-18(17(24)8-11)28-20(27)15(22)9-12-10-23-16-4-2-1-3-13(12)16/h1-6,8,10,14-15,23-24H,7,9,21-22H2,(H,25,26)/t14-,15-/m0/s1. The van der Waals surface area contributed by atoms with Crippen molar-refractivity contribution >= 4 is 22.8 Å².